The molecule has 0 bridgehead atoms. The molecule has 28 heavy (non-hydrogen) atoms. The second-order valence-corrected chi connectivity index (χ2v) is 8.03. The summed E-state index contributed by atoms with van der Waals surface area (Å²) < 4.78 is 0. The van der Waals surface area contributed by atoms with E-state index < -0.39 is 0 Å². The van der Waals surface area contributed by atoms with E-state index in [1.54, 1.807) is 6.20 Å². The van der Waals surface area contributed by atoms with E-state index in [-0.39, 0.29) is 5.91 Å². The maximum Gasteiger partial charge on any atom is 0.255 e. The van der Waals surface area contributed by atoms with Crippen LogP contribution in [0.5, 0.6) is 0 Å². The Bertz CT molecular complexity index is 769. The summed E-state index contributed by atoms with van der Waals surface area (Å²) >= 11 is 0. The number of benzene rings is 1. The van der Waals surface area contributed by atoms with Gasteiger partial charge in [-0.25, -0.2) is 4.98 Å². The number of carbonyl (C=O) groups is 1. The third-order valence-corrected chi connectivity index (χ3v) is 6.11. The SMILES string of the molecule is CN1CCN(c2ccc(C(=O)N3CCC[C@@H](c4ccccc4)CC3)cn2)CC1. The van der Waals surface area contributed by atoms with Crippen LogP contribution in [0.3, 0.4) is 0 Å². The maximum absolute atomic E-state index is 13.0. The van der Waals surface area contributed by atoms with E-state index in [9.17, 15) is 4.79 Å². The van der Waals surface area contributed by atoms with Gasteiger partial charge in [0.05, 0.1) is 5.56 Å². The first-order valence-corrected chi connectivity index (χ1v) is 10.4. The Kier molecular flexibility index (Phi) is 5.91. The highest BCUT2D eigenvalue weighted by molar-refractivity contribution is 5.94. The number of pyridine rings is 1. The molecule has 2 fully saturated rings. The Morgan fingerprint density at radius 2 is 1.71 bits per heavy atom. The molecule has 2 aliphatic rings. The summed E-state index contributed by atoms with van der Waals surface area (Å²) in [6.07, 6.45) is 4.99. The molecule has 4 rings (SSSR count). The molecule has 2 aromatic rings. The van der Waals surface area contributed by atoms with E-state index in [2.05, 4.69) is 52.2 Å². The maximum atomic E-state index is 13.0. The first kappa shape index (κ1) is 18.9. The van der Waals surface area contributed by atoms with Crippen molar-refractivity contribution in [1.29, 1.82) is 0 Å². The Labute approximate surface area is 168 Å². The summed E-state index contributed by atoms with van der Waals surface area (Å²) in [5.74, 6) is 1.65. The predicted molar refractivity (Wildman–Crippen MR) is 113 cm³/mol. The van der Waals surface area contributed by atoms with E-state index in [0.29, 0.717) is 11.5 Å². The molecular formula is C23H30N4O. The molecule has 5 heteroatoms. The Hall–Kier alpha value is -2.40. The van der Waals surface area contributed by atoms with E-state index >= 15 is 0 Å². The van der Waals surface area contributed by atoms with Crippen LogP contribution < -0.4 is 4.90 Å². The van der Waals surface area contributed by atoms with Crippen LogP contribution >= 0.6 is 0 Å². The monoisotopic (exact) mass is 378 g/mol. The lowest BCUT2D eigenvalue weighted by Gasteiger charge is -2.33. The highest BCUT2D eigenvalue weighted by Gasteiger charge is 2.23. The summed E-state index contributed by atoms with van der Waals surface area (Å²) in [6.45, 7) is 5.74. The van der Waals surface area contributed by atoms with Gasteiger partial charge in [0.1, 0.15) is 5.82 Å². The summed E-state index contributed by atoms with van der Waals surface area (Å²) in [5, 5.41) is 0. The molecule has 1 amide bonds. The molecule has 0 unspecified atom stereocenters. The largest absolute Gasteiger partial charge is 0.354 e. The van der Waals surface area contributed by atoms with Gasteiger partial charge in [-0.05, 0) is 49.9 Å². The lowest BCUT2D eigenvalue weighted by atomic mass is 9.92. The predicted octanol–water partition coefficient (Wildman–Crippen LogP) is 3.24. The average Bonchev–Trinajstić information content (AvgIpc) is 3.01. The molecule has 148 valence electrons. The summed E-state index contributed by atoms with van der Waals surface area (Å²) in [4.78, 5) is 24.2. The van der Waals surface area contributed by atoms with E-state index in [1.807, 2.05) is 17.0 Å². The molecule has 0 saturated carbocycles. The van der Waals surface area contributed by atoms with Crippen molar-refractivity contribution in [2.24, 2.45) is 0 Å². The number of nitrogens with zero attached hydrogens (tertiary/aromatic N) is 4. The summed E-state index contributed by atoms with van der Waals surface area (Å²) in [6, 6.07) is 14.7. The summed E-state index contributed by atoms with van der Waals surface area (Å²) in [7, 11) is 2.15. The van der Waals surface area contributed by atoms with Crippen molar-refractivity contribution in [3.8, 4) is 0 Å². The fraction of sp³-hybridized carbons (Fsp3) is 0.478. The first-order chi connectivity index (χ1) is 13.7. The van der Waals surface area contributed by atoms with Crippen LogP contribution in [0, 0.1) is 0 Å². The standard InChI is InChI=1S/C23H30N4O/c1-25-14-16-26(17-15-25)22-10-9-21(18-24-22)23(28)27-12-5-8-20(11-13-27)19-6-3-2-4-7-19/h2-4,6-7,9-10,18,20H,5,8,11-17H2,1H3/t20-/m1/s1. The Morgan fingerprint density at radius 1 is 0.929 bits per heavy atom. The molecule has 0 aliphatic carbocycles. The molecule has 2 aliphatic heterocycles. The van der Waals surface area contributed by atoms with Gasteiger partial charge in [-0.3, -0.25) is 4.79 Å². The Balaban J connectivity index is 1.37. The van der Waals surface area contributed by atoms with Crippen LogP contribution in [-0.4, -0.2) is 67.0 Å². The van der Waals surface area contributed by atoms with Crippen LogP contribution in [0.15, 0.2) is 48.7 Å². The number of rotatable bonds is 3. The lowest BCUT2D eigenvalue weighted by Crippen LogP contribution is -2.44. The molecule has 3 heterocycles. The normalized spacial score (nSPS) is 21.4. The average molecular weight is 379 g/mol. The minimum Gasteiger partial charge on any atom is -0.354 e. The molecule has 1 atom stereocenters. The minimum atomic E-state index is 0.117. The highest BCUT2D eigenvalue weighted by Crippen LogP contribution is 2.28. The van der Waals surface area contributed by atoms with Gasteiger partial charge in [0.25, 0.3) is 5.91 Å². The van der Waals surface area contributed by atoms with Crippen LogP contribution in [0.2, 0.25) is 0 Å². The van der Waals surface area contributed by atoms with Crippen molar-refractivity contribution in [1.82, 2.24) is 14.8 Å². The van der Waals surface area contributed by atoms with Gasteiger partial charge in [-0.1, -0.05) is 30.3 Å². The van der Waals surface area contributed by atoms with E-state index in [1.165, 1.54) is 5.56 Å². The van der Waals surface area contributed by atoms with Gasteiger partial charge < -0.3 is 14.7 Å². The van der Waals surface area contributed by atoms with Crippen molar-refractivity contribution >= 4 is 11.7 Å². The number of anilines is 1. The zero-order chi connectivity index (χ0) is 19.3. The first-order valence-electron chi connectivity index (χ1n) is 10.4. The van der Waals surface area contributed by atoms with Crippen molar-refractivity contribution < 1.29 is 4.79 Å². The molecule has 1 aromatic carbocycles. The van der Waals surface area contributed by atoms with Crippen molar-refractivity contribution in [3.63, 3.8) is 0 Å². The number of piperazine rings is 1. The fourth-order valence-electron chi connectivity index (χ4n) is 4.28. The van der Waals surface area contributed by atoms with Crippen LogP contribution in [0.1, 0.15) is 41.1 Å². The minimum absolute atomic E-state index is 0.117. The number of hydrogen-bond donors (Lipinski definition) is 0. The third kappa shape index (κ3) is 4.36. The smallest absolute Gasteiger partial charge is 0.255 e. The van der Waals surface area contributed by atoms with Crippen molar-refractivity contribution in [2.75, 3.05) is 51.2 Å². The number of carbonyl (C=O) groups excluding carboxylic acids is 1. The van der Waals surface area contributed by atoms with E-state index in [0.717, 1.165) is 64.3 Å². The van der Waals surface area contributed by atoms with Crippen LogP contribution in [0.25, 0.3) is 0 Å². The summed E-state index contributed by atoms with van der Waals surface area (Å²) in [5.41, 5.74) is 2.10. The highest BCUT2D eigenvalue weighted by atomic mass is 16.2. The van der Waals surface area contributed by atoms with Crippen molar-refractivity contribution in [3.05, 3.63) is 59.8 Å². The van der Waals surface area contributed by atoms with Gasteiger partial charge in [0.15, 0.2) is 0 Å². The topological polar surface area (TPSA) is 39.7 Å². The lowest BCUT2D eigenvalue weighted by molar-refractivity contribution is 0.0760. The van der Waals surface area contributed by atoms with Gasteiger partial charge in [0.2, 0.25) is 0 Å². The molecule has 0 radical (unpaired) electrons. The van der Waals surface area contributed by atoms with Crippen molar-refractivity contribution in [2.45, 2.75) is 25.2 Å². The number of hydrogen-bond acceptors (Lipinski definition) is 4. The molecular weight excluding hydrogens is 348 g/mol. The quantitative estimate of drug-likeness (QED) is 0.822. The second-order valence-electron chi connectivity index (χ2n) is 8.03. The zero-order valence-corrected chi connectivity index (χ0v) is 16.8. The number of likely N-dealkylation sites (tertiary alicyclic amines) is 1. The number of amides is 1. The van der Waals surface area contributed by atoms with Gasteiger partial charge in [-0.15, -0.1) is 0 Å². The van der Waals surface area contributed by atoms with Crippen LogP contribution in [0.4, 0.5) is 5.82 Å². The van der Waals surface area contributed by atoms with Crippen LogP contribution in [-0.2, 0) is 0 Å². The molecule has 5 nitrogen and oxygen atoms in total. The van der Waals surface area contributed by atoms with Gasteiger partial charge >= 0.3 is 0 Å². The molecule has 2 saturated heterocycles. The Morgan fingerprint density at radius 3 is 2.43 bits per heavy atom. The second kappa shape index (κ2) is 8.74. The molecule has 1 aromatic heterocycles. The number of aromatic nitrogens is 1. The number of likely N-dealkylation sites (N-methyl/N-ethyl adjacent to an activating group) is 1. The zero-order valence-electron chi connectivity index (χ0n) is 16.8. The molecule has 0 N–H and O–H groups in total. The van der Waals surface area contributed by atoms with Gasteiger partial charge in [0, 0.05) is 45.5 Å². The fourth-order valence-corrected chi connectivity index (χ4v) is 4.28. The van der Waals surface area contributed by atoms with E-state index in [4.69, 9.17) is 0 Å². The molecule has 0 spiro atoms. The third-order valence-electron chi connectivity index (χ3n) is 6.11. The van der Waals surface area contributed by atoms with Gasteiger partial charge in [-0.2, -0.15) is 0 Å².